The predicted molar refractivity (Wildman–Crippen MR) is 86.3 cm³/mol. The summed E-state index contributed by atoms with van der Waals surface area (Å²) in [6.45, 7) is 1.56. The molecule has 1 aromatic heterocycles. The van der Waals surface area contributed by atoms with Gasteiger partial charge >= 0.3 is 6.03 Å². The molecule has 4 N–H and O–H groups in total. The number of nitrogens with zero attached hydrogens (tertiary/aromatic N) is 2. The maximum atomic E-state index is 12.2. The molecule has 1 atom stereocenters. The summed E-state index contributed by atoms with van der Waals surface area (Å²) in [5.41, 5.74) is 7.24. The molecule has 7 nitrogen and oxygen atoms in total. The second-order valence-corrected chi connectivity index (χ2v) is 5.58. The molecule has 0 saturated carbocycles. The lowest BCUT2D eigenvalue weighted by atomic mass is 10.1. The van der Waals surface area contributed by atoms with Gasteiger partial charge in [-0.05, 0) is 43.3 Å². The second-order valence-electron chi connectivity index (χ2n) is 5.58. The number of amides is 2. The lowest BCUT2D eigenvalue weighted by Gasteiger charge is -2.40. The molecule has 2 amide bonds. The number of carbonyl (C=O) groups excluding carboxylic acids is 1. The lowest BCUT2D eigenvalue weighted by molar-refractivity contribution is 0.146. The van der Waals surface area contributed by atoms with E-state index in [2.05, 4.69) is 15.6 Å². The van der Waals surface area contributed by atoms with Gasteiger partial charge in [0.1, 0.15) is 23.5 Å². The van der Waals surface area contributed by atoms with E-state index in [1.165, 1.54) is 0 Å². The summed E-state index contributed by atoms with van der Waals surface area (Å²) in [7, 11) is 0. The minimum atomic E-state index is -0.218. The number of ether oxygens (including phenoxy) is 1. The minimum absolute atomic E-state index is 0.133. The average molecular weight is 311 g/mol. The van der Waals surface area contributed by atoms with Crippen LogP contribution in [0.1, 0.15) is 18.2 Å². The Kier molecular flexibility index (Phi) is 3.27. The Morgan fingerprint density at radius 3 is 2.91 bits per heavy atom. The third-order valence-electron chi connectivity index (χ3n) is 4.04. The average Bonchev–Trinajstić information content (AvgIpc) is 2.57. The zero-order valence-electron chi connectivity index (χ0n) is 12.5. The molecule has 2 aliphatic rings. The number of pyridine rings is 1. The molecule has 0 spiro atoms. The van der Waals surface area contributed by atoms with Gasteiger partial charge in [-0.1, -0.05) is 0 Å². The molecule has 3 heterocycles. The fourth-order valence-corrected chi connectivity index (χ4v) is 2.95. The fourth-order valence-electron chi connectivity index (χ4n) is 2.95. The summed E-state index contributed by atoms with van der Waals surface area (Å²) >= 11 is 0. The highest BCUT2D eigenvalue weighted by atomic mass is 16.5. The van der Waals surface area contributed by atoms with Gasteiger partial charge in [-0.15, -0.1) is 0 Å². The van der Waals surface area contributed by atoms with Crippen molar-refractivity contribution < 1.29 is 9.53 Å². The highest BCUT2D eigenvalue weighted by Crippen LogP contribution is 2.39. The number of fused-ring (bicyclic) bond motifs is 3. The second kappa shape index (κ2) is 5.44. The number of anilines is 2. The quantitative estimate of drug-likeness (QED) is 0.740. The van der Waals surface area contributed by atoms with Gasteiger partial charge in [0.05, 0.1) is 5.56 Å². The fraction of sp³-hybridized carbons (Fsp3) is 0.250. The van der Waals surface area contributed by atoms with Crippen LogP contribution in [0.25, 0.3) is 0 Å². The molecular formula is C16H17N5O2. The number of carbonyl (C=O) groups is 1. The van der Waals surface area contributed by atoms with Crippen molar-refractivity contribution in [1.29, 1.82) is 0 Å². The van der Waals surface area contributed by atoms with E-state index in [0.717, 1.165) is 18.5 Å². The van der Waals surface area contributed by atoms with Crippen molar-refractivity contribution in [3.8, 4) is 11.5 Å². The first-order valence-corrected chi connectivity index (χ1v) is 7.56. The molecule has 0 bridgehead atoms. The van der Waals surface area contributed by atoms with Crippen LogP contribution in [-0.4, -0.2) is 29.0 Å². The molecule has 0 aliphatic carbocycles. The highest BCUT2D eigenvalue weighted by Gasteiger charge is 2.37. The monoisotopic (exact) mass is 311 g/mol. The predicted octanol–water partition coefficient (Wildman–Crippen LogP) is 2.30. The number of nitrogens with one attached hydrogen (secondary N) is 2. The van der Waals surface area contributed by atoms with E-state index in [1.54, 1.807) is 29.3 Å². The number of rotatable bonds is 2. The third-order valence-corrected chi connectivity index (χ3v) is 4.04. The molecular weight excluding hydrogens is 294 g/mol. The first-order valence-electron chi connectivity index (χ1n) is 7.56. The van der Waals surface area contributed by atoms with Crippen molar-refractivity contribution in [3.05, 3.63) is 42.1 Å². The first-order chi connectivity index (χ1) is 11.2. The van der Waals surface area contributed by atoms with Crippen LogP contribution in [0.2, 0.25) is 0 Å². The maximum absolute atomic E-state index is 12.2. The van der Waals surface area contributed by atoms with Crippen LogP contribution >= 0.6 is 0 Å². The molecule has 2 aliphatic heterocycles. The van der Waals surface area contributed by atoms with Crippen molar-refractivity contribution in [2.45, 2.75) is 12.6 Å². The zero-order valence-corrected chi connectivity index (χ0v) is 12.5. The number of nitrogen functional groups attached to an aromatic ring is 1. The summed E-state index contributed by atoms with van der Waals surface area (Å²) < 4.78 is 6.00. The molecule has 23 heavy (non-hydrogen) atoms. The van der Waals surface area contributed by atoms with Gasteiger partial charge in [0.2, 0.25) is 0 Å². The van der Waals surface area contributed by atoms with Crippen molar-refractivity contribution in [2.75, 3.05) is 24.1 Å². The molecule has 1 saturated heterocycles. The Morgan fingerprint density at radius 1 is 1.26 bits per heavy atom. The first kappa shape index (κ1) is 13.8. The van der Waals surface area contributed by atoms with Gasteiger partial charge in [0, 0.05) is 18.4 Å². The number of nitrogens with two attached hydrogens (primary N) is 1. The van der Waals surface area contributed by atoms with Crippen molar-refractivity contribution in [1.82, 2.24) is 15.2 Å². The van der Waals surface area contributed by atoms with Crippen LogP contribution < -0.4 is 21.1 Å². The van der Waals surface area contributed by atoms with Crippen molar-refractivity contribution in [3.63, 3.8) is 0 Å². The largest absolute Gasteiger partial charge is 0.457 e. The van der Waals surface area contributed by atoms with Gasteiger partial charge in [0.25, 0.3) is 0 Å². The number of urea groups is 1. The summed E-state index contributed by atoms with van der Waals surface area (Å²) in [5, 5.41) is 6.20. The van der Waals surface area contributed by atoms with E-state index in [4.69, 9.17) is 10.5 Å². The topological polar surface area (TPSA) is 92.5 Å². The summed E-state index contributed by atoms with van der Waals surface area (Å²) in [5.74, 6) is 1.90. The molecule has 7 heteroatoms. The highest BCUT2D eigenvalue weighted by molar-refractivity contribution is 5.92. The van der Waals surface area contributed by atoms with E-state index in [-0.39, 0.29) is 12.2 Å². The number of benzene rings is 1. The Balaban J connectivity index is 1.73. The standard InChI is InChI=1S/C16H17N5O2/c17-10-2-4-11(5-3-10)23-12-6-8-18-14-13(12)15-19-7-1-9-21(15)16(22)20-14/h2-6,8,15,19H,1,7,9,17H2,(H,18,20,22). The molecule has 0 radical (unpaired) electrons. The van der Waals surface area contributed by atoms with Crippen LogP contribution in [0.3, 0.4) is 0 Å². The van der Waals surface area contributed by atoms with Crippen LogP contribution in [-0.2, 0) is 0 Å². The molecule has 4 rings (SSSR count). The van der Waals surface area contributed by atoms with Crippen molar-refractivity contribution >= 4 is 17.5 Å². The van der Waals surface area contributed by atoms with E-state index in [0.29, 0.717) is 29.5 Å². The van der Waals surface area contributed by atoms with E-state index in [1.807, 2.05) is 12.1 Å². The molecule has 118 valence electrons. The van der Waals surface area contributed by atoms with E-state index >= 15 is 0 Å². The Morgan fingerprint density at radius 2 is 2.09 bits per heavy atom. The smallest absolute Gasteiger partial charge is 0.324 e. The van der Waals surface area contributed by atoms with Gasteiger partial charge in [0.15, 0.2) is 0 Å². The van der Waals surface area contributed by atoms with E-state index < -0.39 is 0 Å². The Bertz CT molecular complexity index is 747. The zero-order chi connectivity index (χ0) is 15.8. The Hall–Kier alpha value is -2.80. The van der Waals surface area contributed by atoms with Gasteiger partial charge < -0.3 is 15.4 Å². The number of hydrogen-bond acceptors (Lipinski definition) is 5. The molecule has 1 aromatic carbocycles. The summed E-state index contributed by atoms with van der Waals surface area (Å²) in [6.07, 6.45) is 2.34. The van der Waals surface area contributed by atoms with Crippen LogP contribution in [0.5, 0.6) is 11.5 Å². The van der Waals surface area contributed by atoms with E-state index in [9.17, 15) is 4.79 Å². The SMILES string of the molecule is Nc1ccc(Oc2ccnc3c2C2NCCCN2C(=O)N3)cc1. The lowest BCUT2D eigenvalue weighted by Crippen LogP contribution is -2.52. The Labute approximate surface area is 133 Å². The van der Waals surface area contributed by atoms with Crippen LogP contribution in [0.4, 0.5) is 16.3 Å². The number of aromatic nitrogens is 1. The maximum Gasteiger partial charge on any atom is 0.324 e. The minimum Gasteiger partial charge on any atom is -0.457 e. The van der Waals surface area contributed by atoms with Crippen LogP contribution in [0, 0.1) is 0 Å². The van der Waals surface area contributed by atoms with Crippen molar-refractivity contribution in [2.24, 2.45) is 0 Å². The van der Waals surface area contributed by atoms with Gasteiger partial charge in [-0.3, -0.25) is 10.6 Å². The summed E-state index contributed by atoms with van der Waals surface area (Å²) in [4.78, 5) is 18.2. The normalized spacial score (nSPS) is 19.6. The third kappa shape index (κ3) is 2.44. The molecule has 1 unspecified atom stereocenters. The van der Waals surface area contributed by atoms with Gasteiger partial charge in [-0.25, -0.2) is 9.78 Å². The molecule has 2 aromatic rings. The van der Waals surface area contributed by atoms with Crippen LogP contribution in [0.15, 0.2) is 36.5 Å². The molecule has 1 fully saturated rings. The van der Waals surface area contributed by atoms with Gasteiger partial charge in [-0.2, -0.15) is 0 Å². The summed E-state index contributed by atoms with van der Waals surface area (Å²) in [6, 6.07) is 8.88. The number of hydrogen-bond donors (Lipinski definition) is 3.